The average molecular weight is 357 g/mol. The van der Waals surface area contributed by atoms with Gasteiger partial charge in [-0.1, -0.05) is 27.5 Å². The van der Waals surface area contributed by atoms with Gasteiger partial charge in [0, 0.05) is 4.47 Å². The normalized spacial score (nSPS) is 10.1. The van der Waals surface area contributed by atoms with Gasteiger partial charge in [0.25, 0.3) is 5.91 Å². The van der Waals surface area contributed by atoms with Gasteiger partial charge < -0.3 is 10.4 Å². The summed E-state index contributed by atoms with van der Waals surface area (Å²) in [6.07, 6.45) is 0. The number of aromatic carboxylic acids is 1. The van der Waals surface area contributed by atoms with E-state index in [0.29, 0.717) is 4.47 Å². The Balaban J connectivity index is 2.29. The molecule has 1 amide bonds. The Kier molecular flexibility index (Phi) is 4.31. The van der Waals surface area contributed by atoms with Gasteiger partial charge in [-0.3, -0.25) is 4.79 Å². The number of carboxylic acids is 1. The van der Waals surface area contributed by atoms with Crippen LogP contribution in [-0.4, -0.2) is 27.2 Å². The van der Waals surface area contributed by atoms with Crippen molar-refractivity contribution in [3.63, 3.8) is 0 Å². The molecule has 0 saturated carbocycles. The summed E-state index contributed by atoms with van der Waals surface area (Å²) in [5.41, 5.74) is 0.169. The van der Waals surface area contributed by atoms with E-state index in [9.17, 15) is 9.59 Å². The number of nitrogens with zero attached hydrogens (tertiary/aromatic N) is 2. The quantitative estimate of drug-likeness (QED) is 0.882. The fourth-order valence-corrected chi connectivity index (χ4v) is 1.89. The Labute approximate surface area is 126 Å². The molecular formula is C12H7BrClN3O3. The second kappa shape index (κ2) is 5.98. The highest BCUT2D eigenvalue weighted by Crippen LogP contribution is 2.22. The van der Waals surface area contributed by atoms with Crippen LogP contribution in [0, 0.1) is 0 Å². The molecule has 8 heteroatoms. The van der Waals surface area contributed by atoms with Crippen LogP contribution in [0.3, 0.4) is 0 Å². The van der Waals surface area contributed by atoms with Crippen molar-refractivity contribution in [1.82, 2.24) is 10.2 Å². The van der Waals surface area contributed by atoms with E-state index in [2.05, 4.69) is 31.4 Å². The summed E-state index contributed by atoms with van der Waals surface area (Å²) in [7, 11) is 0. The van der Waals surface area contributed by atoms with Crippen molar-refractivity contribution in [1.29, 1.82) is 0 Å². The van der Waals surface area contributed by atoms with Crippen molar-refractivity contribution in [3.8, 4) is 0 Å². The minimum Gasteiger partial charge on any atom is -0.478 e. The lowest BCUT2D eigenvalue weighted by Gasteiger charge is -2.08. The first-order valence-corrected chi connectivity index (χ1v) is 6.48. The minimum absolute atomic E-state index is 0.0246. The van der Waals surface area contributed by atoms with E-state index in [1.54, 1.807) is 6.07 Å². The second-order valence-corrected chi connectivity index (χ2v) is 4.99. The molecule has 2 N–H and O–H groups in total. The first kappa shape index (κ1) is 14.4. The predicted octanol–water partition coefficient (Wildman–Crippen LogP) is 2.84. The molecule has 2 rings (SSSR count). The number of nitrogens with one attached hydrogen (secondary N) is 1. The number of rotatable bonds is 3. The van der Waals surface area contributed by atoms with Gasteiger partial charge in [-0.2, -0.15) is 0 Å². The number of amides is 1. The molecule has 0 saturated heterocycles. The molecule has 1 heterocycles. The van der Waals surface area contributed by atoms with Crippen molar-refractivity contribution >= 4 is 45.1 Å². The summed E-state index contributed by atoms with van der Waals surface area (Å²) >= 11 is 8.79. The average Bonchev–Trinajstić information content (AvgIpc) is 2.39. The topological polar surface area (TPSA) is 92.2 Å². The number of anilines is 1. The van der Waals surface area contributed by atoms with Crippen molar-refractivity contribution < 1.29 is 14.7 Å². The van der Waals surface area contributed by atoms with Gasteiger partial charge in [0.15, 0.2) is 10.8 Å². The van der Waals surface area contributed by atoms with E-state index in [-0.39, 0.29) is 22.1 Å². The molecule has 1 aromatic heterocycles. The molecule has 20 heavy (non-hydrogen) atoms. The monoisotopic (exact) mass is 355 g/mol. The maximum atomic E-state index is 11.9. The molecule has 0 aliphatic carbocycles. The third-order valence-corrected chi connectivity index (χ3v) is 3.02. The van der Waals surface area contributed by atoms with E-state index < -0.39 is 11.9 Å². The van der Waals surface area contributed by atoms with Crippen LogP contribution >= 0.6 is 27.5 Å². The molecule has 0 fully saturated rings. The first-order valence-electron chi connectivity index (χ1n) is 5.31. The molecule has 0 spiro atoms. The SMILES string of the molecule is O=C(Nc1cc(Br)ccc1C(=O)O)c1ccc(Cl)nn1. The molecule has 0 bridgehead atoms. The van der Waals surface area contributed by atoms with E-state index in [4.69, 9.17) is 16.7 Å². The molecular weight excluding hydrogens is 350 g/mol. The lowest BCUT2D eigenvalue weighted by molar-refractivity contribution is 0.0698. The summed E-state index contributed by atoms with van der Waals surface area (Å²) in [4.78, 5) is 23.0. The van der Waals surface area contributed by atoms with Crippen molar-refractivity contribution in [3.05, 3.63) is 51.2 Å². The smallest absolute Gasteiger partial charge is 0.337 e. The van der Waals surface area contributed by atoms with Gasteiger partial charge >= 0.3 is 5.97 Å². The molecule has 1 aromatic carbocycles. The van der Waals surface area contributed by atoms with E-state index >= 15 is 0 Å². The fraction of sp³-hybridized carbons (Fsp3) is 0. The summed E-state index contributed by atoms with van der Waals surface area (Å²) in [5, 5.41) is 18.9. The number of halogens is 2. The van der Waals surface area contributed by atoms with Crippen LogP contribution in [0.1, 0.15) is 20.8 Å². The maximum absolute atomic E-state index is 11.9. The van der Waals surface area contributed by atoms with Crippen molar-refractivity contribution in [2.24, 2.45) is 0 Å². The van der Waals surface area contributed by atoms with Crippen molar-refractivity contribution in [2.45, 2.75) is 0 Å². The van der Waals surface area contributed by atoms with Gasteiger partial charge in [0.2, 0.25) is 0 Å². The number of hydrogen-bond donors (Lipinski definition) is 2. The first-order chi connectivity index (χ1) is 9.47. The number of aromatic nitrogens is 2. The second-order valence-electron chi connectivity index (χ2n) is 3.69. The number of benzene rings is 1. The number of carboxylic acid groups (broad SMARTS) is 1. The van der Waals surface area contributed by atoms with Crippen LogP contribution < -0.4 is 5.32 Å². The Hall–Kier alpha value is -1.99. The molecule has 6 nitrogen and oxygen atoms in total. The third kappa shape index (κ3) is 3.31. The predicted molar refractivity (Wildman–Crippen MR) is 76.1 cm³/mol. The third-order valence-electron chi connectivity index (χ3n) is 2.32. The number of carbonyl (C=O) groups excluding carboxylic acids is 1. The molecule has 2 aromatic rings. The zero-order valence-corrected chi connectivity index (χ0v) is 12.1. The van der Waals surface area contributed by atoms with Crippen LogP contribution in [0.2, 0.25) is 5.15 Å². The highest BCUT2D eigenvalue weighted by atomic mass is 79.9. The largest absolute Gasteiger partial charge is 0.478 e. The van der Waals surface area contributed by atoms with E-state index in [1.165, 1.54) is 24.3 Å². The zero-order chi connectivity index (χ0) is 14.7. The van der Waals surface area contributed by atoms with Crippen LogP contribution in [0.25, 0.3) is 0 Å². The summed E-state index contributed by atoms with van der Waals surface area (Å²) in [5.74, 6) is -1.72. The van der Waals surface area contributed by atoms with Crippen LogP contribution in [0.15, 0.2) is 34.8 Å². The van der Waals surface area contributed by atoms with E-state index in [1.807, 2.05) is 0 Å². The standard InChI is InChI=1S/C12H7BrClN3O3/c13-6-1-2-7(12(19)20)9(5-6)15-11(18)8-3-4-10(14)17-16-8/h1-5H,(H,15,18)(H,19,20). The molecule has 0 radical (unpaired) electrons. The van der Waals surface area contributed by atoms with E-state index in [0.717, 1.165) is 0 Å². The number of carbonyl (C=O) groups is 2. The Bertz CT molecular complexity index is 676. The Morgan fingerprint density at radius 1 is 1.20 bits per heavy atom. The Morgan fingerprint density at radius 2 is 1.95 bits per heavy atom. The van der Waals surface area contributed by atoms with Crippen molar-refractivity contribution in [2.75, 3.05) is 5.32 Å². The lowest BCUT2D eigenvalue weighted by atomic mass is 10.1. The molecule has 102 valence electrons. The highest BCUT2D eigenvalue weighted by molar-refractivity contribution is 9.10. The van der Waals surface area contributed by atoms with Gasteiger partial charge in [-0.25, -0.2) is 4.79 Å². The summed E-state index contributed by atoms with van der Waals surface area (Å²) < 4.78 is 0.639. The fourth-order valence-electron chi connectivity index (χ4n) is 1.43. The molecule has 0 aliphatic rings. The van der Waals surface area contributed by atoms with Gasteiger partial charge in [-0.15, -0.1) is 10.2 Å². The van der Waals surface area contributed by atoms with Gasteiger partial charge in [-0.05, 0) is 30.3 Å². The van der Waals surface area contributed by atoms with Crippen LogP contribution in [-0.2, 0) is 0 Å². The summed E-state index contributed by atoms with van der Waals surface area (Å²) in [6.45, 7) is 0. The lowest BCUT2D eigenvalue weighted by Crippen LogP contribution is -2.16. The van der Waals surface area contributed by atoms with Crippen LogP contribution in [0.5, 0.6) is 0 Å². The minimum atomic E-state index is -1.14. The molecule has 0 unspecified atom stereocenters. The highest BCUT2D eigenvalue weighted by Gasteiger charge is 2.15. The molecule has 0 atom stereocenters. The Morgan fingerprint density at radius 3 is 2.55 bits per heavy atom. The number of hydrogen-bond acceptors (Lipinski definition) is 4. The zero-order valence-electron chi connectivity index (χ0n) is 9.80. The maximum Gasteiger partial charge on any atom is 0.337 e. The molecule has 0 aliphatic heterocycles. The summed E-state index contributed by atoms with van der Waals surface area (Å²) in [6, 6.07) is 7.26. The van der Waals surface area contributed by atoms with Gasteiger partial charge in [0.1, 0.15) is 0 Å². The van der Waals surface area contributed by atoms with Gasteiger partial charge in [0.05, 0.1) is 11.3 Å². The van der Waals surface area contributed by atoms with Crippen LogP contribution in [0.4, 0.5) is 5.69 Å².